The largest absolute Gasteiger partial charge is 0.550 e. The minimum Gasteiger partial charge on any atom is -0.550 e. The molecule has 1 N–H and O–H groups in total. The SMILES string of the molecule is CC(CC(=O)[O-])CC(=O)O[C@@H](CC(=O)O)C[N+](C)(C)C. The molecule has 0 rings (SSSR count). The third kappa shape index (κ3) is 10.3. The number of esters is 1. The first kappa shape index (κ1) is 18.4. The van der Waals surface area contributed by atoms with Gasteiger partial charge in [-0.15, -0.1) is 0 Å². The molecule has 0 aliphatic carbocycles. The fourth-order valence-corrected chi connectivity index (χ4v) is 1.82. The Labute approximate surface area is 118 Å². The zero-order chi connectivity index (χ0) is 15.9. The summed E-state index contributed by atoms with van der Waals surface area (Å²) in [6.07, 6.45) is -1.29. The highest BCUT2D eigenvalue weighted by molar-refractivity contribution is 5.72. The molecule has 7 nitrogen and oxygen atoms in total. The smallest absolute Gasteiger partial charge is 0.307 e. The second-order valence-corrected chi connectivity index (χ2v) is 6.07. The summed E-state index contributed by atoms with van der Waals surface area (Å²) < 4.78 is 5.60. The molecule has 0 bridgehead atoms. The molecule has 0 saturated carbocycles. The van der Waals surface area contributed by atoms with Crippen molar-refractivity contribution in [2.45, 2.75) is 32.3 Å². The van der Waals surface area contributed by atoms with Gasteiger partial charge in [0.25, 0.3) is 0 Å². The van der Waals surface area contributed by atoms with Gasteiger partial charge in [0.2, 0.25) is 0 Å². The van der Waals surface area contributed by atoms with E-state index in [-0.39, 0.29) is 19.3 Å². The predicted molar refractivity (Wildman–Crippen MR) is 68.4 cm³/mol. The molecule has 0 saturated heterocycles. The van der Waals surface area contributed by atoms with Crippen LogP contribution in [0.5, 0.6) is 0 Å². The molecule has 0 aromatic carbocycles. The zero-order valence-corrected chi connectivity index (χ0v) is 12.4. The van der Waals surface area contributed by atoms with Crippen LogP contribution in [0.4, 0.5) is 0 Å². The van der Waals surface area contributed by atoms with E-state index in [9.17, 15) is 19.5 Å². The molecular formula is C13H23NO6. The summed E-state index contributed by atoms with van der Waals surface area (Å²) in [5.74, 6) is -3.25. The molecule has 0 amide bonds. The number of carboxylic acids is 2. The van der Waals surface area contributed by atoms with Crippen molar-refractivity contribution in [3.8, 4) is 0 Å². The lowest BCUT2D eigenvalue weighted by molar-refractivity contribution is -0.873. The van der Waals surface area contributed by atoms with Crippen LogP contribution in [0.25, 0.3) is 0 Å². The molecule has 2 atom stereocenters. The number of hydrogen-bond donors (Lipinski definition) is 1. The fraction of sp³-hybridized carbons (Fsp3) is 0.769. The van der Waals surface area contributed by atoms with Crippen LogP contribution in [0.1, 0.15) is 26.2 Å². The standard InChI is InChI=1S/C13H23NO6/c1-9(5-11(15)16)6-13(19)20-10(7-12(17)18)8-14(2,3)4/h9-10H,5-8H2,1-4H3,(H-,15,16,17,18)/t9?,10-/m0/s1. The van der Waals surface area contributed by atoms with Gasteiger partial charge in [-0.1, -0.05) is 6.92 Å². The molecule has 0 spiro atoms. The highest BCUT2D eigenvalue weighted by Gasteiger charge is 2.25. The fourth-order valence-electron chi connectivity index (χ4n) is 1.82. The molecule has 0 heterocycles. The first-order valence-electron chi connectivity index (χ1n) is 6.41. The van der Waals surface area contributed by atoms with Crippen LogP contribution in [-0.2, 0) is 19.1 Å². The van der Waals surface area contributed by atoms with Gasteiger partial charge in [0.15, 0.2) is 6.10 Å². The molecule has 0 aromatic rings. The second-order valence-electron chi connectivity index (χ2n) is 6.07. The van der Waals surface area contributed by atoms with Crippen molar-refractivity contribution in [1.29, 1.82) is 0 Å². The number of rotatable bonds is 9. The molecule has 0 fully saturated rings. The number of carbonyl (C=O) groups excluding carboxylic acids is 2. The van der Waals surface area contributed by atoms with Gasteiger partial charge in [-0.3, -0.25) is 9.59 Å². The van der Waals surface area contributed by atoms with E-state index in [0.717, 1.165) is 0 Å². The Morgan fingerprint density at radius 3 is 2.10 bits per heavy atom. The van der Waals surface area contributed by atoms with Gasteiger partial charge < -0.3 is 24.2 Å². The van der Waals surface area contributed by atoms with Crippen molar-refractivity contribution in [2.24, 2.45) is 5.92 Å². The topological polar surface area (TPSA) is 104 Å². The van der Waals surface area contributed by atoms with Gasteiger partial charge in [-0.25, -0.2) is 0 Å². The molecule has 116 valence electrons. The number of hydrogen-bond acceptors (Lipinski definition) is 5. The molecule has 0 aliphatic rings. The van der Waals surface area contributed by atoms with E-state index >= 15 is 0 Å². The number of aliphatic carboxylic acids is 2. The van der Waals surface area contributed by atoms with Gasteiger partial charge in [-0.05, 0) is 12.3 Å². The van der Waals surface area contributed by atoms with Crippen LogP contribution < -0.4 is 5.11 Å². The lowest BCUT2D eigenvalue weighted by atomic mass is 10.0. The van der Waals surface area contributed by atoms with Crippen LogP contribution in [0.2, 0.25) is 0 Å². The molecule has 7 heteroatoms. The summed E-state index contributed by atoms with van der Waals surface area (Å²) in [5, 5.41) is 19.2. The Bertz CT molecular complexity index is 360. The van der Waals surface area contributed by atoms with E-state index < -0.39 is 29.9 Å². The van der Waals surface area contributed by atoms with Crippen LogP contribution in [-0.4, -0.2) is 61.3 Å². The number of carbonyl (C=O) groups is 3. The monoisotopic (exact) mass is 289 g/mol. The van der Waals surface area contributed by atoms with Gasteiger partial charge >= 0.3 is 11.9 Å². The molecule has 1 unspecified atom stereocenters. The van der Waals surface area contributed by atoms with Gasteiger partial charge in [0.1, 0.15) is 6.54 Å². The Morgan fingerprint density at radius 1 is 1.15 bits per heavy atom. The van der Waals surface area contributed by atoms with Crippen molar-refractivity contribution >= 4 is 17.9 Å². The van der Waals surface area contributed by atoms with Crippen LogP contribution in [0.15, 0.2) is 0 Å². The number of likely N-dealkylation sites (N-methyl/N-ethyl adjacent to an activating group) is 1. The van der Waals surface area contributed by atoms with Crippen LogP contribution >= 0.6 is 0 Å². The van der Waals surface area contributed by atoms with Crippen molar-refractivity contribution in [2.75, 3.05) is 27.7 Å². The summed E-state index contributed by atoms with van der Waals surface area (Å²) in [4.78, 5) is 32.8. The van der Waals surface area contributed by atoms with E-state index in [1.54, 1.807) is 6.92 Å². The van der Waals surface area contributed by atoms with Crippen LogP contribution in [0.3, 0.4) is 0 Å². The maximum Gasteiger partial charge on any atom is 0.307 e. The highest BCUT2D eigenvalue weighted by Crippen LogP contribution is 2.11. The molecule has 0 aliphatic heterocycles. The molecule has 0 aromatic heterocycles. The quantitative estimate of drug-likeness (QED) is 0.442. The number of carboxylic acid groups (broad SMARTS) is 2. The van der Waals surface area contributed by atoms with Gasteiger partial charge in [-0.2, -0.15) is 0 Å². The molecule has 20 heavy (non-hydrogen) atoms. The first-order valence-corrected chi connectivity index (χ1v) is 6.41. The highest BCUT2D eigenvalue weighted by atomic mass is 16.5. The summed E-state index contributed by atoms with van der Waals surface area (Å²) in [6.45, 7) is 1.97. The average Bonchev–Trinajstić information content (AvgIpc) is 2.09. The Hall–Kier alpha value is -1.63. The van der Waals surface area contributed by atoms with E-state index in [1.807, 2.05) is 21.1 Å². The number of nitrogens with zero attached hydrogens (tertiary/aromatic N) is 1. The number of ether oxygens (including phenoxy) is 1. The second kappa shape index (κ2) is 7.84. The summed E-state index contributed by atoms with van der Waals surface area (Å²) >= 11 is 0. The third-order valence-electron chi connectivity index (χ3n) is 2.48. The summed E-state index contributed by atoms with van der Waals surface area (Å²) in [5.41, 5.74) is 0. The van der Waals surface area contributed by atoms with E-state index in [1.165, 1.54) is 0 Å². The van der Waals surface area contributed by atoms with E-state index in [2.05, 4.69) is 0 Å². The molecule has 0 radical (unpaired) electrons. The maximum atomic E-state index is 11.7. The number of quaternary nitrogens is 1. The Balaban J connectivity index is 4.45. The zero-order valence-electron chi connectivity index (χ0n) is 12.4. The van der Waals surface area contributed by atoms with Crippen LogP contribution in [0, 0.1) is 5.92 Å². The summed E-state index contributed by atoms with van der Waals surface area (Å²) in [7, 11) is 5.59. The minimum absolute atomic E-state index is 0.0682. The predicted octanol–water partition coefficient (Wildman–Crippen LogP) is -0.755. The molecular weight excluding hydrogens is 266 g/mol. The van der Waals surface area contributed by atoms with Crippen molar-refractivity contribution in [3.05, 3.63) is 0 Å². The summed E-state index contributed by atoms with van der Waals surface area (Å²) in [6, 6.07) is 0. The van der Waals surface area contributed by atoms with Crippen molar-refractivity contribution in [3.63, 3.8) is 0 Å². The van der Waals surface area contributed by atoms with Crippen molar-refractivity contribution in [1.82, 2.24) is 0 Å². The van der Waals surface area contributed by atoms with E-state index in [4.69, 9.17) is 9.84 Å². The van der Waals surface area contributed by atoms with Crippen molar-refractivity contribution < 1.29 is 33.8 Å². The normalized spacial score (nSPS) is 14.4. The average molecular weight is 289 g/mol. The third-order valence-corrected chi connectivity index (χ3v) is 2.48. The minimum atomic E-state index is -1.22. The lowest BCUT2D eigenvalue weighted by Crippen LogP contribution is -2.44. The van der Waals surface area contributed by atoms with Gasteiger partial charge in [0, 0.05) is 12.4 Å². The first-order chi connectivity index (χ1) is 8.99. The maximum absolute atomic E-state index is 11.7. The lowest BCUT2D eigenvalue weighted by Gasteiger charge is -2.28. The Morgan fingerprint density at radius 2 is 1.70 bits per heavy atom. The Kier molecular flexibility index (Phi) is 7.20. The van der Waals surface area contributed by atoms with E-state index in [0.29, 0.717) is 11.0 Å². The van der Waals surface area contributed by atoms with Gasteiger partial charge in [0.05, 0.1) is 27.6 Å².